The van der Waals surface area contributed by atoms with Gasteiger partial charge in [0.2, 0.25) is 0 Å². The molecule has 2 aliphatic carbocycles. The standard InChI is InChI=1S/C23H33N5O.CH2O3/c1-3-28-22-20(16(2)26-28)21(25-17-10-6-4-7-11-17)18(15-24-22)19-14-23(29-27-19)12-8-5-9-13-23;2-1(3)4/h15,17H,3-14H2,1-2H3,(H,24,25);(H2,2,3,4). The second-order valence-corrected chi connectivity index (χ2v) is 9.46. The third kappa shape index (κ3) is 5.07. The zero-order valence-corrected chi connectivity index (χ0v) is 19.6. The molecule has 0 atom stereocenters. The minimum atomic E-state index is -1.83. The number of hydrogen-bond donors (Lipinski definition) is 3. The van der Waals surface area contributed by atoms with E-state index in [9.17, 15) is 0 Å². The first-order chi connectivity index (χ1) is 15.9. The first-order valence-electron chi connectivity index (χ1n) is 12.2. The fourth-order valence-electron chi connectivity index (χ4n) is 5.49. The molecule has 1 spiro atoms. The molecule has 9 nitrogen and oxygen atoms in total. The number of carboxylic acid groups (broad SMARTS) is 2. The number of aryl methyl sites for hydroxylation is 2. The topological polar surface area (TPSA) is 122 Å². The monoisotopic (exact) mass is 457 g/mol. The molecule has 3 heterocycles. The molecule has 2 aromatic heterocycles. The van der Waals surface area contributed by atoms with Crippen LogP contribution in [0.5, 0.6) is 0 Å². The van der Waals surface area contributed by atoms with Gasteiger partial charge in [0.05, 0.1) is 22.5 Å². The first-order valence-corrected chi connectivity index (χ1v) is 12.2. The van der Waals surface area contributed by atoms with E-state index in [1.54, 1.807) is 0 Å². The maximum atomic E-state index is 8.56. The molecule has 2 fully saturated rings. The molecule has 33 heavy (non-hydrogen) atoms. The molecule has 3 aliphatic rings. The van der Waals surface area contributed by atoms with Crippen molar-refractivity contribution in [3.8, 4) is 0 Å². The Kier molecular flexibility index (Phi) is 7.05. The van der Waals surface area contributed by atoms with Gasteiger partial charge in [0.1, 0.15) is 5.60 Å². The predicted molar refractivity (Wildman–Crippen MR) is 127 cm³/mol. The van der Waals surface area contributed by atoms with Gasteiger partial charge < -0.3 is 20.4 Å². The lowest BCUT2D eigenvalue weighted by Crippen LogP contribution is -2.32. The van der Waals surface area contributed by atoms with E-state index in [0.717, 1.165) is 53.8 Å². The summed E-state index contributed by atoms with van der Waals surface area (Å²) < 4.78 is 2.01. The number of aromatic nitrogens is 3. The lowest BCUT2D eigenvalue weighted by Gasteiger charge is -2.30. The lowest BCUT2D eigenvalue weighted by molar-refractivity contribution is -0.0449. The number of fused-ring (bicyclic) bond motifs is 1. The van der Waals surface area contributed by atoms with E-state index in [0.29, 0.717) is 6.04 Å². The summed E-state index contributed by atoms with van der Waals surface area (Å²) >= 11 is 0. The van der Waals surface area contributed by atoms with Crippen molar-refractivity contribution in [2.24, 2.45) is 5.16 Å². The molecule has 9 heteroatoms. The maximum absolute atomic E-state index is 8.56. The third-order valence-electron chi connectivity index (χ3n) is 7.10. The maximum Gasteiger partial charge on any atom is 0.503 e. The van der Waals surface area contributed by atoms with Crippen LogP contribution < -0.4 is 5.32 Å². The second kappa shape index (κ2) is 9.97. The molecular weight excluding hydrogens is 422 g/mol. The Morgan fingerprint density at radius 2 is 1.85 bits per heavy atom. The van der Waals surface area contributed by atoms with Gasteiger partial charge in [0, 0.05) is 30.8 Å². The minimum Gasteiger partial charge on any atom is -0.450 e. The zero-order valence-electron chi connectivity index (χ0n) is 19.6. The van der Waals surface area contributed by atoms with Gasteiger partial charge in [-0.3, -0.25) is 0 Å². The number of pyridine rings is 1. The van der Waals surface area contributed by atoms with E-state index in [-0.39, 0.29) is 5.60 Å². The number of carbonyl (C=O) groups is 1. The molecule has 180 valence electrons. The van der Waals surface area contributed by atoms with Gasteiger partial charge in [-0.2, -0.15) is 5.10 Å². The van der Waals surface area contributed by atoms with E-state index in [4.69, 9.17) is 29.9 Å². The fourth-order valence-corrected chi connectivity index (χ4v) is 5.49. The van der Waals surface area contributed by atoms with Gasteiger partial charge in [-0.25, -0.2) is 14.5 Å². The van der Waals surface area contributed by atoms with Gasteiger partial charge in [0.25, 0.3) is 0 Å². The van der Waals surface area contributed by atoms with Crippen molar-refractivity contribution >= 4 is 28.6 Å². The van der Waals surface area contributed by atoms with E-state index in [1.165, 1.54) is 57.1 Å². The molecule has 0 bridgehead atoms. The summed E-state index contributed by atoms with van der Waals surface area (Å²) in [6.07, 6.45) is 13.6. The van der Waals surface area contributed by atoms with Crippen molar-refractivity contribution in [1.82, 2.24) is 14.8 Å². The normalized spacial score (nSPS) is 20.1. The summed E-state index contributed by atoms with van der Waals surface area (Å²) in [7, 11) is 0. The smallest absolute Gasteiger partial charge is 0.450 e. The van der Waals surface area contributed by atoms with Crippen molar-refractivity contribution in [2.45, 2.75) is 103 Å². The summed E-state index contributed by atoms with van der Waals surface area (Å²) in [6.45, 7) is 5.05. The molecule has 0 unspecified atom stereocenters. The van der Waals surface area contributed by atoms with Crippen molar-refractivity contribution in [2.75, 3.05) is 5.32 Å². The molecule has 1 aliphatic heterocycles. The number of anilines is 1. The number of hydrogen-bond acceptors (Lipinski definition) is 6. The largest absolute Gasteiger partial charge is 0.503 e. The highest BCUT2D eigenvalue weighted by molar-refractivity contribution is 6.11. The highest BCUT2D eigenvalue weighted by atomic mass is 16.7. The van der Waals surface area contributed by atoms with Crippen LogP contribution in [0, 0.1) is 6.92 Å². The summed E-state index contributed by atoms with van der Waals surface area (Å²) in [6, 6.07) is 0.518. The Hall–Kier alpha value is -2.84. The molecule has 3 N–H and O–H groups in total. The van der Waals surface area contributed by atoms with Crippen molar-refractivity contribution < 1.29 is 19.8 Å². The highest BCUT2D eigenvalue weighted by Gasteiger charge is 2.41. The van der Waals surface area contributed by atoms with Crippen LogP contribution in [0.1, 0.15) is 88.8 Å². The van der Waals surface area contributed by atoms with E-state index in [1.807, 2.05) is 10.9 Å². The zero-order chi connectivity index (χ0) is 23.4. The Morgan fingerprint density at radius 1 is 1.18 bits per heavy atom. The summed E-state index contributed by atoms with van der Waals surface area (Å²) in [4.78, 5) is 19.5. The van der Waals surface area contributed by atoms with Crippen LogP contribution in [-0.2, 0) is 11.4 Å². The molecule has 0 amide bonds. The van der Waals surface area contributed by atoms with Gasteiger partial charge in [-0.05, 0) is 52.4 Å². The highest BCUT2D eigenvalue weighted by Crippen LogP contribution is 2.41. The third-order valence-corrected chi connectivity index (χ3v) is 7.10. The number of rotatable bonds is 4. The summed E-state index contributed by atoms with van der Waals surface area (Å²) in [5.74, 6) is 0. The van der Waals surface area contributed by atoms with Crippen LogP contribution in [-0.4, -0.2) is 48.5 Å². The van der Waals surface area contributed by atoms with Crippen LogP contribution in [0.2, 0.25) is 0 Å². The van der Waals surface area contributed by atoms with Crippen LogP contribution >= 0.6 is 0 Å². The second-order valence-electron chi connectivity index (χ2n) is 9.46. The number of oxime groups is 1. The number of nitrogens with one attached hydrogen (secondary N) is 1. The fraction of sp³-hybridized carbons (Fsp3) is 0.667. The van der Waals surface area contributed by atoms with Crippen molar-refractivity contribution in [3.05, 3.63) is 17.5 Å². The Bertz CT molecular complexity index is 1020. The lowest BCUT2D eigenvalue weighted by atomic mass is 9.80. The van der Waals surface area contributed by atoms with Gasteiger partial charge >= 0.3 is 6.16 Å². The Balaban J connectivity index is 0.000000601. The number of nitrogens with zero attached hydrogens (tertiary/aromatic N) is 4. The van der Waals surface area contributed by atoms with Crippen LogP contribution in [0.3, 0.4) is 0 Å². The van der Waals surface area contributed by atoms with Crippen LogP contribution in [0.4, 0.5) is 10.5 Å². The van der Waals surface area contributed by atoms with E-state index in [2.05, 4.69) is 24.3 Å². The van der Waals surface area contributed by atoms with Crippen molar-refractivity contribution in [1.29, 1.82) is 0 Å². The van der Waals surface area contributed by atoms with Crippen molar-refractivity contribution in [3.63, 3.8) is 0 Å². The van der Waals surface area contributed by atoms with Gasteiger partial charge in [-0.15, -0.1) is 0 Å². The average molecular weight is 458 g/mol. The first kappa shape index (κ1) is 23.3. The molecule has 2 aromatic rings. The quantitative estimate of drug-likeness (QED) is 0.550. The molecule has 0 aromatic carbocycles. The molecule has 0 saturated heterocycles. The van der Waals surface area contributed by atoms with Crippen LogP contribution in [0.25, 0.3) is 11.0 Å². The molecule has 5 rings (SSSR count). The Labute approximate surface area is 194 Å². The van der Waals surface area contributed by atoms with Crippen LogP contribution in [0.15, 0.2) is 11.4 Å². The summed E-state index contributed by atoms with van der Waals surface area (Å²) in [5, 5.41) is 28.4. The predicted octanol–water partition coefficient (Wildman–Crippen LogP) is 5.55. The minimum absolute atomic E-state index is 0.0761. The SMILES string of the molecule is CCn1nc(C)c2c(NC3CCCCC3)c(C3=NOC4(CCCCC4)C3)cnc21.O=C(O)O. The average Bonchev–Trinajstić information content (AvgIpc) is 3.36. The Morgan fingerprint density at radius 3 is 2.52 bits per heavy atom. The molecule has 0 radical (unpaired) electrons. The van der Waals surface area contributed by atoms with E-state index < -0.39 is 6.16 Å². The van der Waals surface area contributed by atoms with Gasteiger partial charge in [-0.1, -0.05) is 30.8 Å². The molecule has 2 saturated carbocycles. The van der Waals surface area contributed by atoms with Gasteiger partial charge in [0.15, 0.2) is 5.65 Å². The molecular formula is C24H35N5O4. The van der Waals surface area contributed by atoms with E-state index >= 15 is 0 Å². The summed E-state index contributed by atoms with van der Waals surface area (Å²) in [5.41, 5.74) is 5.29.